The molecule has 0 aromatic heterocycles. The number of azide groups is 1. The van der Waals surface area contributed by atoms with Crippen LogP contribution in [0.5, 0.6) is 0 Å². The quantitative estimate of drug-likeness (QED) is 0.265. The minimum atomic E-state index is -0.192. The minimum absolute atomic E-state index is 0.0227. The summed E-state index contributed by atoms with van der Waals surface area (Å²) in [6.07, 6.45) is 0.797. The molecule has 0 bridgehead atoms. The molecule has 0 spiro atoms. The number of methoxy groups -OCH3 is 1. The molecule has 60 valence electrons. The zero-order valence-corrected chi connectivity index (χ0v) is 6.23. The zero-order valence-electron chi connectivity index (χ0n) is 6.23. The van der Waals surface area contributed by atoms with E-state index in [1.54, 1.807) is 0 Å². The Kier molecular flexibility index (Phi) is 2.33. The van der Waals surface area contributed by atoms with E-state index < -0.39 is 0 Å². The summed E-state index contributed by atoms with van der Waals surface area (Å²) in [5.74, 6) is 0.00647. The van der Waals surface area contributed by atoms with Crippen LogP contribution in [-0.2, 0) is 9.53 Å². The van der Waals surface area contributed by atoms with Crippen LogP contribution in [0.15, 0.2) is 5.11 Å². The first-order chi connectivity index (χ1) is 5.29. The molecular formula is C6H9N3O2. The van der Waals surface area contributed by atoms with Gasteiger partial charge in [-0.05, 0) is 17.9 Å². The maximum Gasteiger partial charge on any atom is 0.308 e. The van der Waals surface area contributed by atoms with E-state index in [0.717, 1.165) is 6.42 Å². The fourth-order valence-corrected chi connectivity index (χ4v) is 1.03. The molecular weight excluding hydrogens is 146 g/mol. The molecule has 11 heavy (non-hydrogen) atoms. The SMILES string of the molecule is COC(=O)[C@@H]1C[C@@H]1CN=[N+]=[N-]. The maximum absolute atomic E-state index is 10.8. The summed E-state index contributed by atoms with van der Waals surface area (Å²) in [6.45, 7) is 0.413. The molecule has 0 N–H and O–H groups in total. The Labute approximate surface area is 64.0 Å². The number of esters is 1. The van der Waals surface area contributed by atoms with Crippen LogP contribution in [0.2, 0.25) is 0 Å². The molecule has 1 saturated carbocycles. The summed E-state index contributed by atoms with van der Waals surface area (Å²) < 4.78 is 4.51. The fraction of sp³-hybridized carbons (Fsp3) is 0.833. The Balaban J connectivity index is 2.26. The topological polar surface area (TPSA) is 75.1 Å². The predicted octanol–water partition coefficient (Wildman–Crippen LogP) is 1.11. The lowest BCUT2D eigenvalue weighted by atomic mass is 10.3. The van der Waals surface area contributed by atoms with Crippen molar-refractivity contribution < 1.29 is 9.53 Å². The Bertz CT molecular complexity index is 210. The fourth-order valence-electron chi connectivity index (χ4n) is 1.03. The largest absolute Gasteiger partial charge is 0.469 e. The van der Waals surface area contributed by atoms with E-state index in [1.165, 1.54) is 7.11 Å². The molecule has 0 unspecified atom stereocenters. The van der Waals surface area contributed by atoms with E-state index in [9.17, 15) is 4.79 Å². The van der Waals surface area contributed by atoms with Gasteiger partial charge in [-0.1, -0.05) is 5.11 Å². The summed E-state index contributed by atoms with van der Waals surface area (Å²) in [4.78, 5) is 13.4. The monoisotopic (exact) mass is 155 g/mol. The second-order valence-electron chi connectivity index (χ2n) is 2.54. The number of carbonyl (C=O) groups is 1. The lowest BCUT2D eigenvalue weighted by molar-refractivity contribution is -0.142. The zero-order chi connectivity index (χ0) is 8.27. The van der Waals surface area contributed by atoms with Crippen LogP contribution in [0.25, 0.3) is 10.4 Å². The second-order valence-corrected chi connectivity index (χ2v) is 2.54. The summed E-state index contributed by atoms with van der Waals surface area (Å²) >= 11 is 0. The predicted molar refractivity (Wildman–Crippen MR) is 37.6 cm³/mol. The van der Waals surface area contributed by atoms with Crippen LogP contribution < -0.4 is 0 Å². The highest BCUT2D eigenvalue weighted by atomic mass is 16.5. The molecule has 0 radical (unpaired) electrons. The standard InChI is InChI=1S/C6H9N3O2/c1-11-6(10)5-2-4(5)3-8-9-7/h4-5H,2-3H2,1H3/t4-,5-/m1/s1. The maximum atomic E-state index is 10.8. The van der Waals surface area contributed by atoms with Crippen molar-refractivity contribution in [2.75, 3.05) is 13.7 Å². The van der Waals surface area contributed by atoms with Crippen molar-refractivity contribution >= 4 is 5.97 Å². The molecule has 0 aliphatic heterocycles. The first-order valence-corrected chi connectivity index (χ1v) is 3.38. The number of hydrogen-bond donors (Lipinski definition) is 0. The van der Waals surface area contributed by atoms with E-state index in [2.05, 4.69) is 14.8 Å². The van der Waals surface area contributed by atoms with Crippen molar-refractivity contribution in [2.45, 2.75) is 6.42 Å². The molecule has 0 aromatic rings. The Morgan fingerprint density at radius 2 is 2.64 bits per heavy atom. The van der Waals surface area contributed by atoms with Crippen LogP contribution in [0.3, 0.4) is 0 Å². The van der Waals surface area contributed by atoms with Crippen molar-refractivity contribution in [1.82, 2.24) is 0 Å². The molecule has 5 heteroatoms. The molecule has 5 nitrogen and oxygen atoms in total. The van der Waals surface area contributed by atoms with Crippen LogP contribution in [-0.4, -0.2) is 19.6 Å². The Morgan fingerprint density at radius 1 is 1.91 bits per heavy atom. The minimum Gasteiger partial charge on any atom is -0.469 e. The second kappa shape index (κ2) is 3.25. The van der Waals surface area contributed by atoms with Crippen molar-refractivity contribution in [3.63, 3.8) is 0 Å². The van der Waals surface area contributed by atoms with Gasteiger partial charge in [-0.15, -0.1) is 0 Å². The van der Waals surface area contributed by atoms with Gasteiger partial charge in [-0.2, -0.15) is 0 Å². The third-order valence-corrected chi connectivity index (χ3v) is 1.81. The molecule has 1 rings (SSSR count). The van der Waals surface area contributed by atoms with Gasteiger partial charge in [0.15, 0.2) is 0 Å². The van der Waals surface area contributed by atoms with E-state index in [0.29, 0.717) is 6.54 Å². The Morgan fingerprint density at radius 3 is 3.18 bits per heavy atom. The molecule has 0 saturated heterocycles. The number of nitrogens with zero attached hydrogens (tertiary/aromatic N) is 3. The van der Waals surface area contributed by atoms with E-state index in [-0.39, 0.29) is 17.8 Å². The van der Waals surface area contributed by atoms with Gasteiger partial charge in [-0.3, -0.25) is 4.79 Å². The molecule has 1 aliphatic rings. The lowest BCUT2D eigenvalue weighted by Crippen LogP contribution is -2.05. The number of ether oxygens (including phenoxy) is 1. The van der Waals surface area contributed by atoms with Crippen LogP contribution in [0.4, 0.5) is 0 Å². The smallest absolute Gasteiger partial charge is 0.308 e. The summed E-state index contributed by atoms with van der Waals surface area (Å²) in [5.41, 5.74) is 7.97. The molecule has 0 heterocycles. The van der Waals surface area contributed by atoms with Crippen LogP contribution in [0, 0.1) is 11.8 Å². The van der Waals surface area contributed by atoms with E-state index in [1.807, 2.05) is 0 Å². The first-order valence-electron chi connectivity index (χ1n) is 3.38. The average molecular weight is 155 g/mol. The number of rotatable bonds is 3. The van der Waals surface area contributed by atoms with Crippen molar-refractivity contribution in [2.24, 2.45) is 17.0 Å². The summed E-state index contributed by atoms with van der Waals surface area (Å²) in [5, 5.41) is 3.37. The molecule has 1 fully saturated rings. The normalized spacial score (nSPS) is 27.0. The third-order valence-electron chi connectivity index (χ3n) is 1.81. The lowest BCUT2D eigenvalue weighted by Gasteiger charge is -1.93. The van der Waals surface area contributed by atoms with Crippen molar-refractivity contribution in [3.8, 4) is 0 Å². The van der Waals surface area contributed by atoms with Crippen LogP contribution in [0.1, 0.15) is 6.42 Å². The first kappa shape index (κ1) is 7.88. The molecule has 1 aliphatic carbocycles. The van der Waals surface area contributed by atoms with Gasteiger partial charge in [0.1, 0.15) is 0 Å². The van der Waals surface area contributed by atoms with Gasteiger partial charge in [0.2, 0.25) is 0 Å². The van der Waals surface area contributed by atoms with Gasteiger partial charge in [-0.25, -0.2) is 0 Å². The van der Waals surface area contributed by atoms with Crippen LogP contribution >= 0.6 is 0 Å². The van der Waals surface area contributed by atoms with Gasteiger partial charge in [0.05, 0.1) is 13.0 Å². The Hall–Kier alpha value is -1.22. The van der Waals surface area contributed by atoms with Crippen molar-refractivity contribution in [1.29, 1.82) is 0 Å². The summed E-state index contributed by atoms with van der Waals surface area (Å²) in [6, 6.07) is 0. The molecule has 2 atom stereocenters. The van der Waals surface area contributed by atoms with E-state index in [4.69, 9.17) is 5.53 Å². The van der Waals surface area contributed by atoms with Gasteiger partial charge in [0, 0.05) is 11.5 Å². The molecule has 0 aromatic carbocycles. The summed E-state index contributed by atoms with van der Waals surface area (Å²) in [7, 11) is 1.37. The third kappa shape index (κ3) is 1.85. The highest BCUT2D eigenvalue weighted by Gasteiger charge is 2.43. The number of carbonyl (C=O) groups excluding carboxylic acids is 1. The van der Waals surface area contributed by atoms with Gasteiger partial charge in [0.25, 0.3) is 0 Å². The highest BCUT2D eigenvalue weighted by Crippen LogP contribution is 2.39. The van der Waals surface area contributed by atoms with E-state index >= 15 is 0 Å². The molecule has 0 amide bonds. The van der Waals surface area contributed by atoms with Gasteiger partial charge >= 0.3 is 5.97 Å². The number of hydrogen-bond acceptors (Lipinski definition) is 3. The average Bonchev–Trinajstić information content (AvgIpc) is 2.78. The van der Waals surface area contributed by atoms with Crippen molar-refractivity contribution in [3.05, 3.63) is 10.4 Å². The van der Waals surface area contributed by atoms with Gasteiger partial charge < -0.3 is 4.74 Å². The highest BCUT2D eigenvalue weighted by molar-refractivity contribution is 5.75.